The highest BCUT2D eigenvalue weighted by Crippen LogP contribution is 2.48. The summed E-state index contributed by atoms with van der Waals surface area (Å²) in [5.41, 5.74) is 3.07. The summed E-state index contributed by atoms with van der Waals surface area (Å²) in [4.78, 5) is 29.7. The lowest BCUT2D eigenvalue weighted by Crippen LogP contribution is -2.28. The molecule has 2 fully saturated rings. The number of alkyl halides is 1. The number of rotatable bonds is 10. The van der Waals surface area contributed by atoms with Crippen molar-refractivity contribution in [3.05, 3.63) is 29.1 Å². The van der Waals surface area contributed by atoms with E-state index >= 15 is 0 Å². The molecule has 2 saturated carbocycles. The van der Waals surface area contributed by atoms with Gasteiger partial charge in [0.15, 0.2) is 0 Å². The van der Waals surface area contributed by atoms with E-state index in [1.807, 2.05) is 12.1 Å². The van der Waals surface area contributed by atoms with E-state index in [1.54, 1.807) is 18.8 Å². The smallest absolute Gasteiger partial charge is 0.409 e. The average molecular weight is 484 g/mol. The van der Waals surface area contributed by atoms with Crippen molar-refractivity contribution >= 4 is 12.1 Å². The van der Waals surface area contributed by atoms with Crippen LogP contribution in [0, 0.1) is 17.3 Å². The van der Waals surface area contributed by atoms with Crippen molar-refractivity contribution in [1.82, 2.24) is 24.9 Å². The molecule has 2 aromatic heterocycles. The first-order chi connectivity index (χ1) is 16.8. The van der Waals surface area contributed by atoms with Gasteiger partial charge in [-0.2, -0.15) is 0 Å². The van der Waals surface area contributed by atoms with Gasteiger partial charge in [-0.15, -0.1) is 5.10 Å². The van der Waals surface area contributed by atoms with Gasteiger partial charge in [-0.3, -0.25) is 9.18 Å². The monoisotopic (exact) mass is 483 g/mol. The van der Waals surface area contributed by atoms with Gasteiger partial charge in [-0.25, -0.2) is 14.5 Å². The van der Waals surface area contributed by atoms with Gasteiger partial charge >= 0.3 is 12.1 Å². The summed E-state index contributed by atoms with van der Waals surface area (Å²) in [5, 5.41) is 17.5. The second-order valence-electron chi connectivity index (χ2n) is 9.38. The van der Waals surface area contributed by atoms with E-state index in [0.29, 0.717) is 42.4 Å². The third kappa shape index (κ3) is 6.15. The number of aryl methyl sites for hydroxylation is 1. The number of carboxylic acid groups (broad SMARTS) is 1. The van der Waals surface area contributed by atoms with Crippen LogP contribution < -0.4 is 0 Å². The maximum Gasteiger partial charge on any atom is 0.409 e. The normalized spacial score (nSPS) is 15.7. The zero-order valence-electron chi connectivity index (χ0n) is 20.1. The van der Waals surface area contributed by atoms with Crippen molar-refractivity contribution in [2.45, 2.75) is 57.5 Å². The first kappa shape index (κ1) is 24.6. The predicted octanol–water partition coefficient (Wildman–Crippen LogP) is 3.68. The third-order valence-electron chi connectivity index (χ3n) is 6.40. The number of nitrogens with zero attached hydrogens (tertiary/aromatic N) is 5. The summed E-state index contributed by atoms with van der Waals surface area (Å²) in [5.74, 6) is 5.89. The van der Waals surface area contributed by atoms with Crippen molar-refractivity contribution in [2.24, 2.45) is 12.5 Å². The molecular formula is C25H30FN5O4. The van der Waals surface area contributed by atoms with Gasteiger partial charge in [0.05, 0.1) is 24.5 Å². The van der Waals surface area contributed by atoms with Crippen molar-refractivity contribution in [3.8, 4) is 23.2 Å². The topological polar surface area (TPSA) is 110 Å². The molecule has 0 aromatic carbocycles. The van der Waals surface area contributed by atoms with Crippen LogP contribution in [0.2, 0.25) is 0 Å². The molecule has 0 atom stereocenters. The number of aromatic nitrogens is 4. The maximum absolute atomic E-state index is 12.3. The Morgan fingerprint density at radius 3 is 2.74 bits per heavy atom. The number of ether oxygens (including phenoxy) is 1. The average Bonchev–Trinajstić information content (AvgIpc) is 3.76. The number of halogens is 1. The summed E-state index contributed by atoms with van der Waals surface area (Å²) >= 11 is 0. The van der Waals surface area contributed by atoms with E-state index in [1.165, 1.54) is 4.90 Å². The fourth-order valence-electron chi connectivity index (χ4n) is 3.88. The van der Waals surface area contributed by atoms with Crippen LogP contribution in [0.25, 0.3) is 11.4 Å². The van der Waals surface area contributed by atoms with Crippen LogP contribution in [0.1, 0.15) is 67.8 Å². The number of unbranched alkanes of at least 4 members (excludes halogenated alkanes) is 1. The molecule has 1 amide bonds. The molecule has 4 rings (SSSR count). The fraction of sp³-hybridized carbons (Fsp3) is 0.560. The van der Waals surface area contributed by atoms with E-state index in [2.05, 4.69) is 22.2 Å². The van der Waals surface area contributed by atoms with Crippen LogP contribution in [0.5, 0.6) is 0 Å². The Bertz CT molecular complexity index is 1160. The van der Waals surface area contributed by atoms with Gasteiger partial charge < -0.3 is 14.7 Å². The van der Waals surface area contributed by atoms with Crippen molar-refractivity contribution in [1.29, 1.82) is 0 Å². The molecule has 10 heteroatoms. The molecule has 2 heterocycles. The predicted molar refractivity (Wildman–Crippen MR) is 125 cm³/mol. The van der Waals surface area contributed by atoms with Gasteiger partial charge in [0, 0.05) is 37.5 Å². The number of hydrogen-bond donors (Lipinski definition) is 1. The number of hydrogen-bond acceptors (Lipinski definition) is 6. The maximum atomic E-state index is 12.3. The van der Waals surface area contributed by atoms with Gasteiger partial charge in [-0.05, 0) is 50.7 Å². The SMILES string of the molecule is CN(CCCCF)C(=O)OCc1c(-c2ccc(C#CC3(CC(=O)O)CC3)c(C3CC3)n2)nnn1C. The molecule has 9 nitrogen and oxygen atoms in total. The summed E-state index contributed by atoms with van der Waals surface area (Å²) in [6.45, 7) is -0.0109. The van der Waals surface area contributed by atoms with Gasteiger partial charge in [0.25, 0.3) is 0 Å². The summed E-state index contributed by atoms with van der Waals surface area (Å²) < 4.78 is 19.3. The zero-order valence-corrected chi connectivity index (χ0v) is 20.1. The van der Waals surface area contributed by atoms with Gasteiger partial charge in [-0.1, -0.05) is 17.1 Å². The molecule has 0 saturated heterocycles. The minimum absolute atomic E-state index is 0.0230. The highest BCUT2D eigenvalue weighted by molar-refractivity contribution is 5.69. The van der Waals surface area contributed by atoms with Crippen LogP contribution in [-0.4, -0.2) is 62.3 Å². The fourth-order valence-corrected chi connectivity index (χ4v) is 3.88. The molecule has 35 heavy (non-hydrogen) atoms. The van der Waals surface area contributed by atoms with E-state index in [0.717, 1.165) is 36.9 Å². The minimum atomic E-state index is -0.825. The summed E-state index contributed by atoms with van der Waals surface area (Å²) in [7, 11) is 3.35. The number of carbonyl (C=O) groups is 2. The molecule has 0 bridgehead atoms. The largest absolute Gasteiger partial charge is 0.481 e. The van der Waals surface area contributed by atoms with Crippen LogP contribution >= 0.6 is 0 Å². The molecule has 0 unspecified atom stereocenters. The Labute approximate surface area is 203 Å². The third-order valence-corrected chi connectivity index (χ3v) is 6.40. The van der Waals surface area contributed by atoms with Crippen LogP contribution in [0.3, 0.4) is 0 Å². The number of pyridine rings is 1. The Hall–Kier alpha value is -3.48. The number of amides is 1. The summed E-state index contributed by atoms with van der Waals surface area (Å²) in [6.07, 6.45) is 4.23. The second-order valence-corrected chi connectivity index (χ2v) is 9.38. The second kappa shape index (κ2) is 10.4. The molecule has 0 aliphatic heterocycles. The quantitative estimate of drug-likeness (QED) is 0.405. The lowest BCUT2D eigenvalue weighted by Gasteiger charge is -2.16. The van der Waals surface area contributed by atoms with E-state index in [-0.39, 0.29) is 13.0 Å². The molecule has 0 spiro atoms. The van der Waals surface area contributed by atoms with Gasteiger partial charge in [0.1, 0.15) is 18.0 Å². The molecular weight excluding hydrogens is 453 g/mol. The first-order valence-electron chi connectivity index (χ1n) is 11.9. The number of aliphatic carboxylic acids is 1. The zero-order chi connectivity index (χ0) is 25.0. The highest BCUT2D eigenvalue weighted by Gasteiger charge is 2.43. The lowest BCUT2D eigenvalue weighted by molar-refractivity contribution is -0.137. The number of carbonyl (C=O) groups excluding carboxylic acids is 1. The van der Waals surface area contributed by atoms with Crippen LogP contribution in [0.4, 0.5) is 9.18 Å². The van der Waals surface area contributed by atoms with Crippen molar-refractivity contribution in [2.75, 3.05) is 20.3 Å². The standard InChI is InChI=1S/C25H30FN5O4/c1-30(14-4-3-13-26)24(34)35-16-20-23(28-29-31(20)2)19-8-7-18(22(27-19)17-5-6-17)9-10-25(11-12-25)15-21(32)33/h7-8,17H,3-6,11-16H2,1-2H3,(H,32,33). The number of carboxylic acids is 1. The first-order valence-corrected chi connectivity index (χ1v) is 11.9. The molecule has 2 aromatic rings. The van der Waals surface area contributed by atoms with Crippen molar-refractivity contribution in [3.63, 3.8) is 0 Å². The Morgan fingerprint density at radius 2 is 2.09 bits per heavy atom. The molecule has 2 aliphatic carbocycles. The van der Waals surface area contributed by atoms with Crippen LogP contribution in [0.15, 0.2) is 12.1 Å². The van der Waals surface area contributed by atoms with E-state index in [4.69, 9.17) is 14.8 Å². The highest BCUT2D eigenvalue weighted by atomic mass is 19.1. The molecule has 186 valence electrons. The van der Waals surface area contributed by atoms with E-state index < -0.39 is 24.2 Å². The Kier molecular flexibility index (Phi) is 7.34. The van der Waals surface area contributed by atoms with Crippen LogP contribution in [-0.2, 0) is 23.2 Å². The molecule has 0 radical (unpaired) electrons. The molecule has 1 N–H and O–H groups in total. The lowest BCUT2D eigenvalue weighted by atomic mass is 10.0. The Morgan fingerprint density at radius 1 is 1.31 bits per heavy atom. The summed E-state index contributed by atoms with van der Waals surface area (Å²) in [6, 6.07) is 3.73. The minimum Gasteiger partial charge on any atom is -0.481 e. The van der Waals surface area contributed by atoms with Gasteiger partial charge in [0.2, 0.25) is 0 Å². The van der Waals surface area contributed by atoms with Crippen molar-refractivity contribution < 1.29 is 23.8 Å². The molecule has 2 aliphatic rings. The van der Waals surface area contributed by atoms with E-state index in [9.17, 15) is 14.0 Å². The Balaban J connectivity index is 1.51.